The molecule has 110 valence electrons. The summed E-state index contributed by atoms with van der Waals surface area (Å²) >= 11 is 1.76. The predicted octanol–water partition coefficient (Wildman–Crippen LogP) is 2.67. The normalized spacial score (nSPS) is 19.7. The molecule has 4 nitrogen and oxygen atoms in total. The van der Waals surface area contributed by atoms with Gasteiger partial charge in [-0.15, -0.1) is 0 Å². The Morgan fingerprint density at radius 3 is 2.42 bits per heavy atom. The van der Waals surface area contributed by atoms with Crippen LogP contribution in [0.2, 0.25) is 0 Å². The summed E-state index contributed by atoms with van der Waals surface area (Å²) in [6.07, 6.45) is 4.76. The van der Waals surface area contributed by atoms with E-state index in [4.69, 9.17) is 0 Å². The number of aliphatic carboxylic acids is 1. The zero-order valence-corrected chi connectivity index (χ0v) is 12.7. The van der Waals surface area contributed by atoms with Crippen LogP contribution in [0.5, 0.6) is 0 Å². The van der Waals surface area contributed by atoms with Gasteiger partial charge in [0.25, 0.3) is 0 Å². The monoisotopic (exact) mass is 287 g/mol. The van der Waals surface area contributed by atoms with E-state index in [-0.39, 0.29) is 11.8 Å². The maximum atomic E-state index is 12.3. The molecule has 0 aromatic carbocycles. The average Bonchev–Trinajstić information content (AvgIpc) is 2.40. The highest BCUT2D eigenvalue weighted by Gasteiger charge is 2.42. The first kappa shape index (κ1) is 16.3. The third kappa shape index (κ3) is 4.41. The number of unbranched alkanes of at least 4 members (excludes halogenated alkanes) is 1. The Morgan fingerprint density at radius 1 is 1.32 bits per heavy atom. The summed E-state index contributed by atoms with van der Waals surface area (Å²) in [5.41, 5.74) is -1.03. The average molecular weight is 287 g/mol. The van der Waals surface area contributed by atoms with Crippen molar-refractivity contribution in [3.8, 4) is 0 Å². The molecular weight excluding hydrogens is 262 g/mol. The molecule has 0 aromatic heterocycles. The van der Waals surface area contributed by atoms with E-state index >= 15 is 0 Å². The lowest BCUT2D eigenvalue weighted by molar-refractivity contribution is -0.148. The molecule has 0 bridgehead atoms. The molecular formula is C14H25NO3S. The van der Waals surface area contributed by atoms with Crippen molar-refractivity contribution in [2.45, 2.75) is 57.9 Å². The van der Waals surface area contributed by atoms with Gasteiger partial charge in [-0.2, -0.15) is 11.8 Å². The fraction of sp³-hybridized carbons (Fsp3) is 0.857. The van der Waals surface area contributed by atoms with Crippen molar-refractivity contribution in [1.82, 2.24) is 5.32 Å². The van der Waals surface area contributed by atoms with E-state index < -0.39 is 11.5 Å². The zero-order valence-electron chi connectivity index (χ0n) is 11.9. The highest BCUT2D eigenvalue weighted by atomic mass is 32.2. The van der Waals surface area contributed by atoms with Gasteiger partial charge in [0.1, 0.15) is 5.54 Å². The second-order valence-electron chi connectivity index (χ2n) is 5.24. The van der Waals surface area contributed by atoms with Crippen molar-refractivity contribution in [3.63, 3.8) is 0 Å². The van der Waals surface area contributed by atoms with E-state index in [9.17, 15) is 14.7 Å². The lowest BCUT2D eigenvalue weighted by atomic mass is 9.90. The molecule has 1 amide bonds. The minimum Gasteiger partial charge on any atom is -0.480 e. The molecule has 1 atom stereocenters. The number of carboxylic acids is 1. The molecule has 1 aliphatic rings. The van der Waals surface area contributed by atoms with Gasteiger partial charge < -0.3 is 10.4 Å². The van der Waals surface area contributed by atoms with Crippen molar-refractivity contribution < 1.29 is 14.7 Å². The Balaban J connectivity index is 2.67. The van der Waals surface area contributed by atoms with E-state index in [0.29, 0.717) is 12.8 Å². The van der Waals surface area contributed by atoms with Crippen molar-refractivity contribution in [1.29, 1.82) is 0 Å². The quantitative estimate of drug-likeness (QED) is 0.755. The number of hydrogen-bond acceptors (Lipinski definition) is 3. The van der Waals surface area contributed by atoms with E-state index in [1.165, 1.54) is 0 Å². The minimum absolute atomic E-state index is 0.0502. The summed E-state index contributed by atoms with van der Waals surface area (Å²) in [5, 5.41) is 12.3. The van der Waals surface area contributed by atoms with Crippen LogP contribution in [0.3, 0.4) is 0 Å². The van der Waals surface area contributed by atoms with Gasteiger partial charge in [-0.3, -0.25) is 4.79 Å². The van der Waals surface area contributed by atoms with Gasteiger partial charge in [0.05, 0.1) is 0 Å². The van der Waals surface area contributed by atoms with Crippen LogP contribution in [-0.2, 0) is 9.59 Å². The first-order valence-electron chi connectivity index (χ1n) is 7.19. The van der Waals surface area contributed by atoms with Gasteiger partial charge >= 0.3 is 5.97 Å². The zero-order chi connectivity index (χ0) is 14.3. The molecule has 0 aliphatic carbocycles. The summed E-state index contributed by atoms with van der Waals surface area (Å²) in [5.74, 6) is 0.596. The van der Waals surface area contributed by atoms with E-state index in [1.807, 2.05) is 6.92 Å². The molecule has 1 heterocycles. The highest BCUT2D eigenvalue weighted by Crippen LogP contribution is 2.28. The van der Waals surface area contributed by atoms with Crippen LogP contribution in [-0.4, -0.2) is 34.0 Å². The molecule has 1 saturated heterocycles. The smallest absolute Gasteiger partial charge is 0.329 e. The van der Waals surface area contributed by atoms with Gasteiger partial charge in [0.15, 0.2) is 0 Å². The van der Waals surface area contributed by atoms with Crippen LogP contribution in [0.15, 0.2) is 0 Å². The van der Waals surface area contributed by atoms with Crippen LogP contribution in [0.4, 0.5) is 0 Å². The fourth-order valence-electron chi connectivity index (χ4n) is 2.42. The Kier molecular flexibility index (Phi) is 6.69. The summed E-state index contributed by atoms with van der Waals surface area (Å²) < 4.78 is 0. The second kappa shape index (κ2) is 7.78. The topological polar surface area (TPSA) is 66.4 Å². The third-order valence-electron chi connectivity index (χ3n) is 3.89. The number of thioether (sulfide) groups is 1. The summed E-state index contributed by atoms with van der Waals surface area (Å²) in [7, 11) is 0. The third-order valence-corrected chi connectivity index (χ3v) is 4.87. The Hall–Kier alpha value is -0.710. The van der Waals surface area contributed by atoms with Crippen molar-refractivity contribution in [2.75, 3.05) is 11.5 Å². The van der Waals surface area contributed by atoms with Gasteiger partial charge in [-0.1, -0.05) is 26.7 Å². The fourth-order valence-corrected chi connectivity index (χ4v) is 3.61. The van der Waals surface area contributed by atoms with E-state index in [2.05, 4.69) is 12.2 Å². The highest BCUT2D eigenvalue weighted by molar-refractivity contribution is 7.99. The van der Waals surface area contributed by atoms with E-state index in [1.54, 1.807) is 11.8 Å². The molecule has 5 heteroatoms. The minimum atomic E-state index is -1.03. The molecule has 1 rings (SSSR count). The maximum Gasteiger partial charge on any atom is 0.329 e. The SMILES string of the molecule is CCCCC(CC)C(=O)NC1(C(=O)O)CCSCC1. The van der Waals surface area contributed by atoms with Gasteiger partial charge in [-0.25, -0.2) is 4.79 Å². The molecule has 1 aliphatic heterocycles. The predicted molar refractivity (Wildman–Crippen MR) is 78.4 cm³/mol. The van der Waals surface area contributed by atoms with Gasteiger partial charge in [0.2, 0.25) is 5.91 Å². The number of carboxylic acid groups (broad SMARTS) is 1. The van der Waals surface area contributed by atoms with Gasteiger partial charge in [0, 0.05) is 5.92 Å². The van der Waals surface area contributed by atoms with Crippen molar-refractivity contribution >= 4 is 23.6 Å². The summed E-state index contributed by atoms with van der Waals surface area (Å²) in [4.78, 5) is 23.8. The lowest BCUT2D eigenvalue weighted by Crippen LogP contribution is -2.57. The molecule has 0 aromatic rings. The number of carbonyl (C=O) groups excluding carboxylic acids is 1. The van der Waals surface area contributed by atoms with Crippen LogP contribution in [0.25, 0.3) is 0 Å². The number of rotatable bonds is 7. The second-order valence-corrected chi connectivity index (χ2v) is 6.46. The molecule has 0 saturated carbocycles. The van der Waals surface area contributed by atoms with Crippen LogP contribution < -0.4 is 5.32 Å². The summed E-state index contributed by atoms with van der Waals surface area (Å²) in [6, 6.07) is 0. The molecule has 0 spiro atoms. The number of nitrogens with one attached hydrogen (secondary N) is 1. The molecule has 2 N–H and O–H groups in total. The maximum absolute atomic E-state index is 12.3. The lowest BCUT2D eigenvalue weighted by Gasteiger charge is -2.34. The summed E-state index contributed by atoms with van der Waals surface area (Å²) in [6.45, 7) is 4.09. The first-order chi connectivity index (χ1) is 9.05. The molecule has 1 fully saturated rings. The molecule has 19 heavy (non-hydrogen) atoms. The number of amides is 1. The molecule has 1 unspecified atom stereocenters. The molecule has 0 radical (unpaired) electrons. The Morgan fingerprint density at radius 2 is 1.95 bits per heavy atom. The van der Waals surface area contributed by atoms with Crippen LogP contribution in [0, 0.1) is 5.92 Å². The Bertz CT molecular complexity index is 314. The van der Waals surface area contributed by atoms with Crippen LogP contribution >= 0.6 is 11.8 Å². The first-order valence-corrected chi connectivity index (χ1v) is 8.34. The van der Waals surface area contributed by atoms with Crippen LogP contribution in [0.1, 0.15) is 52.4 Å². The number of carbonyl (C=O) groups is 2. The Labute approximate surface area is 119 Å². The number of hydrogen-bond donors (Lipinski definition) is 2. The van der Waals surface area contributed by atoms with Gasteiger partial charge in [-0.05, 0) is 37.2 Å². The van der Waals surface area contributed by atoms with E-state index in [0.717, 1.165) is 37.2 Å². The van der Waals surface area contributed by atoms with Crippen molar-refractivity contribution in [3.05, 3.63) is 0 Å². The van der Waals surface area contributed by atoms with Crippen molar-refractivity contribution in [2.24, 2.45) is 5.92 Å². The standard InChI is InChI=1S/C14H25NO3S/c1-3-5-6-11(4-2)12(16)15-14(13(17)18)7-9-19-10-8-14/h11H,3-10H2,1-2H3,(H,15,16)(H,17,18). The largest absolute Gasteiger partial charge is 0.480 e.